The third-order valence-electron chi connectivity index (χ3n) is 8.75. The Kier molecular flexibility index (Phi) is 9.50. The Labute approximate surface area is 243 Å². The molecule has 1 saturated heterocycles. The van der Waals surface area contributed by atoms with Crippen LogP contribution in [0.2, 0.25) is 5.02 Å². The summed E-state index contributed by atoms with van der Waals surface area (Å²) >= 11 is 6.11. The first-order valence-corrected chi connectivity index (χ1v) is 14.2. The molecule has 5 rings (SSSR count). The maximum Gasteiger partial charge on any atom is 0.559 e. The quantitative estimate of drug-likeness (QED) is 0.346. The van der Waals surface area contributed by atoms with Gasteiger partial charge in [0.2, 0.25) is 5.91 Å². The number of nitrogens with zero attached hydrogens (tertiary/aromatic N) is 1. The van der Waals surface area contributed by atoms with Crippen molar-refractivity contribution < 1.29 is 45.4 Å². The Balaban J connectivity index is 0.000000748. The zero-order chi connectivity index (χ0) is 30.9. The van der Waals surface area contributed by atoms with E-state index in [1.54, 1.807) is 12.1 Å². The van der Waals surface area contributed by atoms with Crippen molar-refractivity contribution in [2.45, 2.75) is 81.9 Å². The van der Waals surface area contributed by atoms with E-state index in [2.05, 4.69) is 0 Å². The summed E-state index contributed by atoms with van der Waals surface area (Å²) in [6, 6.07) is 12.8. The molecular formula is C30H31ClF7NO3. The summed E-state index contributed by atoms with van der Waals surface area (Å²) < 4.78 is 78.0. The topological polar surface area (TPSA) is 57.6 Å². The number of carboxylic acids is 1. The van der Waals surface area contributed by atoms with Gasteiger partial charge in [-0.1, -0.05) is 41.9 Å². The normalized spacial score (nSPS) is 25.6. The number of amides is 1. The van der Waals surface area contributed by atoms with Gasteiger partial charge in [0.05, 0.1) is 12.3 Å². The molecule has 2 aromatic rings. The van der Waals surface area contributed by atoms with Crippen LogP contribution in [-0.4, -0.2) is 47.1 Å². The summed E-state index contributed by atoms with van der Waals surface area (Å²) in [5.41, 5.74) is 2.97. The zero-order valence-corrected chi connectivity index (χ0v) is 23.3. The van der Waals surface area contributed by atoms with Gasteiger partial charge in [0.1, 0.15) is 0 Å². The second kappa shape index (κ2) is 12.4. The van der Waals surface area contributed by atoms with E-state index in [0.29, 0.717) is 56.5 Å². The molecular weight excluding hydrogens is 591 g/mol. The van der Waals surface area contributed by atoms with Crippen molar-refractivity contribution in [1.82, 2.24) is 4.90 Å². The van der Waals surface area contributed by atoms with Crippen molar-refractivity contribution in [3.8, 4) is 0 Å². The fraction of sp³-hybridized carbons (Fsp3) is 0.533. The maximum absolute atomic E-state index is 13.7. The van der Waals surface area contributed by atoms with E-state index < -0.39 is 25.0 Å². The van der Waals surface area contributed by atoms with Crippen LogP contribution in [0.5, 0.6) is 0 Å². The van der Waals surface area contributed by atoms with Gasteiger partial charge in [-0.25, -0.2) is 0 Å². The average molecular weight is 622 g/mol. The van der Waals surface area contributed by atoms with Gasteiger partial charge in [0, 0.05) is 28.9 Å². The van der Waals surface area contributed by atoms with Crippen LogP contribution in [-0.2, 0) is 34.3 Å². The Morgan fingerprint density at radius 3 is 2.02 bits per heavy atom. The van der Waals surface area contributed by atoms with Crippen molar-refractivity contribution in [3.05, 3.63) is 69.7 Å². The Hall–Kier alpha value is -2.82. The number of aryl methyl sites for hydroxylation is 1. The Morgan fingerprint density at radius 1 is 0.881 bits per heavy atom. The number of rotatable bonds is 5. The highest BCUT2D eigenvalue weighted by molar-refractivity contribution is 6.30. The van der Waals surface area contributed by atoms with Crippen LogP contribution in [0.3, 0.4) is 0 Å². The SMILES string of the molecule is FC(F)(F)F.O=C(O)C1CCC(C(=O)N2CCC3(Cc4ccc(Cl)cc4)c4ccc(CC(F)(F)F)cc4CCC23)CC1. The van der Waals surface area contributed by atoms with E-state index in [1.165, 1.54) is 0 Å². The van der Waals surface area contributed by atoms with Crippen molar-refractivity contribution >= 4 is 23.5 Å². The minimum absolute atomic E-state index is 0.0474. The number of halogens is 8. The molecule has 1 N–H and O–H groups in total. The van der Waals surface area contributed by atoms with Crippen molar-refractivity contribution in [1.29, 1.82) is 0 Å². The van der Waals surface area contributed by atoms with Crippen LogP contribution in [0.4, 0.5) is 30.7 Å². The highest BCUT2D eigenvalue weighted by Crippen LogP contribution is 2.50. The van der Waals surface area contributed by atoms with Gasteiger partial charge in [-0.3, -0.25) is 9.59 Å². The third-order valence-corrected chi connectivity index (χ3v) is 9.00. The molecule has 0 aromatic heterocycles. The van der Waals surface area contributed by atoms with E-state index in [0.717, 1.165) is 23.1 Å². The van der Waals surface area contributed by atoms with Gasteiger partial charge in [0.15, 0.2) is 0 Å². The monoisotopic (exact) mass is 621 g/mol. The summed E-state index contributed by atoms with van der Waals surface area (Å²) in [5, 5.41) is 9.97. The Bertz CT molecular complexity index is 1270. The fourth-order valence-electron chi connectivity index (χ4n) is 7.01. The number of aliphatic carboxylic acids is 1. The second-order valence-electron chi connectivity index (χ2n) is 11.4. The molecule has 42 heavy (non-hydrogen) atoms. The van der Waals surface area contributed by atoms with E-state index >= 15 is 0 Å². The lowest BCUT2D eigenvalue weighted by Gasteiger charge is -2.44. The number of hydrogen-bond donors (Lipinski definition) is 1. The van der Waals surface area contributed by atoms with E-state index in [1.807, 2.05) is 35.2 Å². The largest absolute Gasteiger partial charge is 0.559 e. The molecule has 12 heteroatoms. The summed E-state index contributed by atoms with van der Waals surface area (Å²) in [5.74, 6) is -1.23. The number of fused-ring (bicyclic) bond motifs is 3. The Morgan fingerprint density at radius 2 is 1.45 bits per heavy atom. The number of carbonyl (C=O) groups excluding carboxylic acids is 1. The predicted octanol–water partition coefficient (Wildman–Crippen LogP) is 7.84. The fourth-order valence-corrected chi connectivity index (χ4v) is 7.14. The van der Waals surface area contributed by atoms with Crippen LogP contribution in [0, 0.1) is 11.8 Å². The molecule has 1 amide bonds. The zero-order valence-electron chi connectivity index (χ0n) is 22.6. The van der Waals surface area contributed by atoms with Gasteiger partial charge in [-0.2, -0.15) is 13.2 Å². The number of likely N-dealkylation sites (tertiary alicyclic amines) is 1. The van der Waals surface area contributed by atoms with Crippen LogP contribution in [0.25, 0.3) is 0 Å². The number of hydrogen-bond acceptors (Lipinski definition) is 2. The highest BCUT2D eigenvalue weighted by Gasteiger charge is 2.53. The molecule has 230 valence electrons. The van der Waals surface area contributed by atoms with Gasteiger partial charge >= 0.3 is 18.6 Å². The smallest absolute Gasteiger partial charge is 0.481 e. The molecule has 3 aliphatic rings. The van der Waals surface area contributed by atoms with E-state index in [-0.39, 0.29) is 34.8 Å². The first kappa shape index (κ1) is 32.1. The lowest BCUT2D eigenvalue weighted by Crippen LogP contribution is -2.50. The first-order valence-electron chi connectivity index (χ1n) is 13.8. The molecule has 4 nitrogen and oxygen atoms in total. The molecule has 2 unspecified atom stereocenters. The molecule has 0 spiro atoms. The first-order chi connectivity index (χ1) is 19.6. The minimum Gasteiger partial charge on any atom is -0.481 e. The molecule has 1 aliphatic heterocycles. The average Bonchev–Trinajstić information content (AvgIpc) is 3.27. The van der Waals surface area contributed by atoms with Gasteiger partial charge in [-0.15, -0.1) is 17.6 Å². The molecule has 0 bridgehead atoms. The molecule has 1 heterocycles. The molecule has 2 aromatic carbocycles. The van der Waals surface area contributed by atoms with Crippen LogP contribution in [0.1, 0.15) is 60.8 Å². The van der Waals surface area contributed by atoms with Gasteiger partial charge in [-0.05, 0) is 85.8 Å². The van der Waals surface area contributed by atoms with Crippen LogP contribution >= 0.6 is 11.6 Å². The highest BCUT2D eigenvalue weighted by atomic mass is 35.5. The van der Waals surface area contributed by atoms with Crippen molar-refractivity contribution in [2.75, 3.05) is 6.54 Å². The van der Waals surface area contributed by atoms with Gasteiger partial charge < -0.3 is 10.0 Å². The molecule has 2 atom stereocenters. The van der Waals surface area contributed by atoms with Crippen molar-refractivity contribution in [3.63, 3.8) is 0 Å². The summed E-state index contributed by atoms with van der Waals surface area (Å²) in [6.45, 7) is 0.597. The van der Waals surface area contributed by atoms with Crippen LogP contribution in [0.15, 0.2) is 42.5 Å². The molecule has 0 radical (unpaired) electrons. The molecule has 1 saturated carbocycles. The summed E-state index contributed by atoms with van der Waals surface area (Å²) in [6.07, 6.45) is -5.76. The second-order valence-corrected chi connectivity index (χ2v) is 11.8. The van der Waals surface area contributed by atoms with Crippen molar-refractivity contribution in [2.24, 2.45) is 11.8 Å². The van der Waals surface area contributed by atoms with Gasteiger partial charge in [0.25, 0.3) is 0 Å². The number of carboxylic acid groups (broad SMARTS) is 1. The van der Waals surface area contributed by atoms with E-state index in [4.69, 9.17) is 11.6 Å². The lowest BCUT2D eigenvalue weighted by atomic mass is 9.63. The number of benzene rings is 2. The summed E-state index contributed by atoms with van der Waals surface area (Å²) in [7, 11) is 0. The van der Waals surface area contributed by atoms with E-state index in [9.17, 15) is 45.4 Å². The molecule has 2 fully saturated rings. The summed E-state index contributed by atoms with van der Waals surface area (Å²) in [4.78, 5) is 27.1. The minimum atomic E-state index is -5.50. The number of carbonyl (C=O) groups is 2. The third kappa shape index (κ3) is 7.76. The lowest BCUT2D eigenvalue weighted by molar-refractivity contribution is -0.237. The predicted molar refractivity (Wildman–Crippen MR) is 142 cm³/mol. The number of alkyl halides is 7. The van der Waals surface area contributed by atoms with Crippen LogP contribution < -0.4 is 0 Å². The standard InChI is InChI=1S/C29H31ClF3NO3.CF4/c30-23-9-1-18(2-10-23)16-28-13-14-34(26(35)20-4-6-21(7-5-20)27(36)37)25(28)12-8-22-15-19(3-11-24(22)28)17-29(31,32)33;2-1(3,4)5/h1-3,9-11,15,20-21,25H,4-8,12-14,16-17H2,(H,36,37);. The molecule has 2 aliphatic carbocycles. The maximum atomic E-state index is 13.7.